The van der Waals surface area contributed by atoms with Gasteiger partial charge in [0.05, 0.1) is 25.4 Å². The Hall–Kier alpha value is -1.66. The number of aliphatic hydroxyl groups excluding tert-OH is 2. The zero-order valence-electron chi connectivity index (χ0n) is 48.7. The van der Waals surface area contributed by atoms with Gasteiger partial charge in [0.15, 0.2) is 0 Å². The molecule has 0 spiro atoms. The minimum absolute atomic E-state index is 0.00563. The predicted molar refractivity (Wildman–Crippen MR) is 315 cm³/mol. The molecule has 0 aromatic rings. The van der Waals surface area contributed by atoms with E-state index in [-0.39, 0.29) is 18.5 Å². The molecule has 72 heavy (non-hydrogen) atoms. The molecule has 0 aliphatic carbocycles. The molecule has 2 unspecified atom stereocenters. The maximum Gasteiger partial charge on any atom is 0.305 e. The lowest BCUT2D eigenvalue weighted by molar-refractivity contribution is -0.143. The second-order valence-corrected chi connectivity index (χ2v) is 22.5. The lowest BCUT2D eigenvalue weighted by Gasteiger charge is -2.22. The highest BCUT2D eigenvalue weighted by Gasteiger charge is 2.20. The van der Waals surface area contributed by atoms with Gasteiger partial charge < -0.3 is 20.3 Å². The predicted octanol–water partition coefficient (Wildman–Crippen LogP) is 20.6. The lowest BCUT2D eigenvalue weighted by atomic mass is 10.0. The van der Waals surface area contributed by atoms with Gasteiger partial charge in [-0.25, -0.2) is 0 Å². The second-order valence-electron chi connectivity index (χ2n) is 22.5. The van der Waals surface area contributed by atoms with Gasteiger partial charge >= 0.3 is 5.97 Å². The van der Waals surface area contributed by atoms with Crippen molar-refractivity contribution in [3.05, 3.63) is 24.3 Å². The molecule has 0 heterocycles. The molecule has 0 rings (SSSR count). The van der Waals surface area contributed by atoms with Crippen LogP contribution < -0.4 is 5.32 Å². The number of esters is 1. The van der Waals surface area contributed by atoms with Crippen molar-refractivity contribution in [3.8, 4) is 0 Å². The van der Waals surface area contributed by atoms with Crippen LogP contribution in [0.15, 0.2) is 24.3 Å². The monoisotopic (exact) mass is 1010 g/mol. The number of amides is 1. The van der Waals surface area contributed by atoms with Crippen LogP contribution in [-0.4, -0.2) is 47.4 Å². The number of aliphatic hydroxyl groups is 2. The van der Waals surface area contributed by atoms with E-state index in [1.54, 1.807) is 0 Å². The number of allylic oxidation sites excluding steroid dienone is 4. The Balaban J connectivity index is 3.32. The van der Waals surface area contributed by atoms with Crippen molar-refractivity contribution in [2.24, 2.45) is 0 Å². The Labute approximate surface area is 450 Å². The molecule has 0 aliphatic heterocycles. The number of ether oxygens (including phenoxy) is 1. The van der Waals surface area contributed by atoms with Crippen LogP contribution in [0.2, 0.25) is 0 Å². The van der Waals surface area contributed by atoms with Crippen LogP contribution in [0, 0.1) is 0 Å². The van der Waals surface area contributed by atoms with Crippen LogP contribution in [0.25, 0.3) is 0 Å². The van der Waals surface area contributed by atoms with Gasteiger partial charge in [-0.2, -0.15) is 0 Å². The lowest BCUT2D eigenvalue weighted by Crippen LogP contribution is -2.45. The first kappa shape index (κ1) is 70.3. The molecule has 0 aromatic heterocycles. The molecular weight excluding hydrogens is 887 g/mol. The average molecular weight is 1010 g/mol. The van der Waals surface area contributed by atoms with Crippen LogP contribution in [0.5, 0.6) is 0 Å². The molecule has 6 heteroatoms. The summed E-state index contributed by atoms with van der Waals surface area (Å²) in [6.45, 7) is 4.94. The average Bonchev–Trinajstić information content (AvgIpc) is 3.38. The van der Waals surface area contributed by atoms with Gasteiger partial charge in [-0.15, -0.1) is 0 Å². The molecule has 0 aromatic carbocycles. The Morgan fingerprint density at radius 1 is 0.389 bits per heavy atom. The minimum Gasteiger partial charge on any atom is -0.466 e. The van der Waals surface area contributed by atoms with E-state index in [0.29, 0.717) is 25.9 Å². The fraction of sp³-hybridized carbons (Fsp3) is 0.909. The summed E-state index contributed by atoms with van der Waals surface area (Å²) in [6.07, 6.45) is 76.4. The minimum atomic E-state index is -0.660. The Morgan fingerprint density at radius 2 is 0.694 bits per heavy atom. The molecule has 0 radical (unpaired) electrons. The van der Waals surface area contributed by atoms with Crippen LogP contribution in [0.1, 0.15) is 361 Å². The van der Waals surface area contributed by atoms with Gasteiger partial charge in [0.2, 0.25) is 5.91 Å². The van der Waals surface area contributed by atoms with Crippen molar-refractivity contribution >= 4 is 11.9 Å². The van der Waals surface area contributed by atoms with E-state index in [2.05, 4.69) is 43.5 Å². The van der Waals surface area contributed by atoms with Crippen molar-refractivity contribution < 1.29 is 24.5 Å². The molecule has 1 amide bonds. The van der Waals surface area contributed by atoms with Crippen molar-refractivity contribution in [1.29, 1.82) is 0 Å². The van der Waals surface area contributed by atoms with Gasteiger partial charge in [0.1, 0.15) is 0 Å². The Morgan fingerprint density at radius 3 is 1.07 bits per heavy atom. The topological polar surface area (TPSA) is 95.9 Å². The third-order valence-electron chi connectivity index (χ3n) is 15.3. The molecule has 0 fully saturated rings. The number of carbonyl (C=O) groups is 2. The van der Waals surface area contributed by atoms with Gasteiger partial charge in [0.25, 0.3) is 0 Å². The molecule has 0 aliphatic rings. The van der Waals surface area contributed by atoms with Gasteiger partial charge in [0, 0.05) is 12.8 Å². The molecule has 0 bridgehead atoms. The molecule has 6 nitrogen and oxygen atoms in total. The maximum absolute atomic E-state index is 12.5. The maximum atomic E-state index is 12.5. The van der Waals surface area contributed by atoms with Gasteiger partial charge in [-0.3, -0.25) is 9.59 Å². The number of unbranched alkanes of at least 4 members (excludes halogenated alkanes) is 46. The van der Waals surface area contributed by atoms with Crippen molar-refractivity contribution in [1.82, 2.24) is 5.32 Å². The number of rotatable bonds is 61. The first-order chi connectivity index (χ1) is 35.5. The standard InChI is InChI=1S/C66H127NO5/c1-3-5-7-9-11-13-15-16-17-33-36-40-44-48-52-56-60-66(71)72-61-57-53-49-45-41-37-34-31-29-27-25-23-21-19-18-20-22-24-26-28-30-32-35-39-43-47-51-55-59-65(70)67-63(62-68)64(69)58-54-50-46-42-38-14-12-10-8-6-4-2/h13,15,17,33,63-64,68-69H,3-12,14,16,18-32,34-62H2,1-2H3,(H,67,70)/b15-13-,33-17-. The number of hydrogen-bond acceptors (Lipinski definition) is 5. The summed E-state index contributed by atoms with van der Waals surface area (Å²) in [7, 11) is 0. The molecule has 0 saturated heterocycles. The zero-order chi connectivity index (χ0) is 52.2. The number of nitrogens with one attached hydrogen (secondary N) is 1. The Bertz CT molecular complexity index is 1120. The Kier molecular flexibility index (Phi) is 60.5. The summed E-state index contributed by atoms with van der Waals surface area (Å²) in [6, 6.07) is -0.537. The summed E-state index contributed by atoms with van der Waals surface area (Å²) in [5, 5.41) is 23.2. The van der Waals surface area contributed by atoms with Crippen LogP contribution in [0.4, 0.5) is 0 Å². The fourth-order valence-corrected chi connectivity index (χ4v) is 10.3. The highest BCUT2D eigenvalue weighted by molar-refractivity contribution is 5.76. The SMILES string of the molecule is CCCCCC/C=C\C/C=C\CCCCCCCC(=O)OCCCCCCCCCCCCCCCCCCCCCCCCCCCCCCC(=O)NC(CO)C(O)CCCCCCCCCCCCC. The molecule has 0 saturated carbocycles. The molecular formula is C66H127NO5. The van der Waals surface area contributed by atoms with E-state index < -0.39 is 12.1 Å². The summed E-state index contributed by atoms with van der Waals surface area (Å²) in [5.41, 5.74) is 0. The number of hydrogen-bond donors (Lipinski definition) is 3. The van der Waals surface area contributed by atoms with E-state index in [0.717, 1.165) is 51.4 Å². The molecule has 3 N–H and O–H groups in total. The summed E-state index contributed by atoms with van der Waals surface area (Å²) in [5.74, 6) is -0.0259. The molecule has 426 valence electrons. The van der Waals surface area contributed by atoms with E-state index in [1.165, 1.54) is 276 Å². The third kappa shape index (κ3) is 57.6. The second kappa shape index (κ2) is 61.9. The van der Waals surface area contributed by atoms with Crippen molar-refractivity contribution in [3.63, 3.8) is 0 Å². The normalized spacial score (nSPS) is 12.7. The molecule has 2 atom stereocenters. The number of carbonyl (C=O) groups excluding carboxylic acids is 2. The highest BCUT2D eigenvalue weighted by atomic mass is 16.5. The summed E-state index contributed by atoms with van der Waals surface area (Å²) in [4.78, 5) is 24.5. The van der Waals surface area contributed by atoms with Crippen LogP contribution in [-0.2, 0) is 14.3 Å². The summed E-state index contributed by atoms with van der Waals surface area (Å²) < 4.78 is 5.49. The van der Waals surface area contributed by atoms with Crippen LogP contribution >= 0.6 is 0 Å². The highest BCUT2D eigenvalue weighted by Crippen LogP contribution is 2.18. The first-order valence-corrected chi connectivity index (χ1v) is 32.6. The van der Waals surface area contributed by atoms with Crippen molar-refractivity contribution in [2.45, 2.75) is 373 Å². The van der Waals surface area contributed by atoms with Gasteiger partial charge in [-0.1, -0.05) is 314 Å². The largest absolute Gasteiger partial charge is 0.466 e. The summed E-state index contributed by atoms with van der Waals surface area (Å²) >= 11 is 0. The first-order valence-electron chi connectivity index (χ1n) is 32.6. The zero-order valence-corrected chi connectivity index (χ0v) is 48.7. The van der Waals surface area contributed by atoms with Crippen molar-refractivity contribution in [2.75, 3.05) is 13.2 Å². The quantitative estimate of drug-likeness (QED) is 0.0320. The smallest absolute Gasteiger partial charge is 0.305 e. The third-order valence-corrected chi connectivity index (χ3v) is 15.3. The van der Waals surface area contributed by atoms with E-state index in [4.69, 9.17) is 4.74 Å². The fourth-order valence-electron chi connectivity index (χ4n) is 10.3. The van der Waals surface area contributed by atoms with E-state index in [1.807, 2.05) is 0 Å². The van der Waals surface area contributed by atoms with E-state index in [9.17, 15) is 19.8 Å². The van der Waals surface area contributed by atoms with E-state index >= 15 is 0 Å². The van der Waals surface area contributed by atoms with Crippen LogP contribution in [0.3, 0.4) is 0 Å². The van der Waals surface area contributed by atoms with Gasteiger partial charge in [-0.05, 0) is 57.8 Å².